The number of benzene rings is 1. The van der Waals surface area contributed by atoms with Crippen molar-refractivity contribution in [2.45, 2.75) is 6.61 Å². The quantitative estimate of drug-likeness (QED) is 0.679. The van der Waals surface area contributed by atoms with Crippen LogP contribution in [-0.4, -0.2) is 6.61 Å². The summed E-state index contributed by atoms with van der Waals surface area (Å²) in [7, 11) is 0. The summed E-state index contributed by atoms with van der Waals surface area (Å²) in [6.45, 7) is -2.89. The molecule has 0 bridgehead atoms. The molecule has 0 saturated carbocycles. The molecule has 62 valence electrons. The van der Waals surface area contributed by atoms with E-state index in [0.717, 1.165) is 0 Å². The van der Waals surface area contributed by atoms with E-state index in [0.29, 0.717) is 0 Å². The number of alkyl halides is 2. The van der Waals surface area contributed by atoms with E-state index in [2.05, 4.69) is 4.74 Å². The molecule has 0 unspecified atom stereocenters. The number of nitriles is 1. The molecular weight excluding hydrogens is 164 g/mol. The molecule has 0 fully saturated rings. The molecule has 1 rings (SSSR count). The number of ether oxygens (including phenoxy) is 1. The third-order valence-electron chi connectivity index (χ3n) is 1.22. The highest BCUT2D eigenvalue weighted by Crippen LogP contribution is 2.18. The van der Waals surface area contributed by atoms with Gasteiger partial charge in [-0.15, -0.1) is 0 Å². The highest BCUT2D eigenvalue weighted by atomic mass is 19.3. The van der Waals surface area contributed by atoms with Crippen molar-refractivity contribution < 1.29 is 13.5 Å². The predicted octanol–water partition coefficient (Wildman–Crippen LogP) is 2.16. The zero-order valence-corrected chi connectivity index (χ0v) is 6.00. The van der Waals surface area contributed by atoms with E-state index in [1.807, 2.05) is 0 Å². The first kappa shape index (κ1) is 8.47. The molecule has 0 aromatic heterocycles. The molecule has 0 N–H and O–H groups in total. The number of halogens is 2. The normalized spacial score (nSPS) is 9.50. The maximum absolute atomic E-state index is 11.7. The summed E-state index contributed by atoms with van der Waals surface area (Å²) in [4.78, 5) is 0. The lowest BCUT2D eigenvalue weighted by molar-refractivity contribution is -0.0500. The molecule has 0 aliphatic heterocycles. The van der Waals surface area contributed by atoms with Crippen molar-refractivity contribution in [2.75, 3.05) is 0 Å². The SMILES string of the molecule is N#Cc1ccccc1OC(F)F. The summed E-state index contributed by atoms with van der Waals surface area (Å²) in [5.41, 5.74) is 0.109. The molecule has 0 spiro atoms. The fourth-order valence-corrected chi connectivity index (χ4v) is 0.758. The van der Waals surface area contributed by atoms with Gasteiger partial charge in [-0.3, -0.25) is 0 Å². The molecule has 1 aromatic carbocycles. The first-order valence-electron chi connectivity index (χ1n) is 3.18. The molecule has 0 heterocycles. The number of para-hydroxylation sites is 1. The molecule has 0 saturated heterocycles. The second-order valence-electron chi connectivity index (χ2n) is 1.99. The minimum absolute atomic E-state index is 0.0880. The summed E-state index contributed by atoms with van der Waals surface area (Å²) < 4.78 is 27.5. The van der Waals surface area contributed by atoms with E-state index in [-0.39, 0.29) is 11.3 Å². The zero-order chi connectivity index (χ0) is 8.97. The Labute approximate surface area is 68.0 Å². The summed E-state index contributed by atoms with van der Waals surface area (Å²) in [6, 6.07) is 7.59. The molecule has 2 nitrogen and oxygen atoms in total. The van der Waals surface area contributed by atoms with Crippen LogP contribution in [0.5, 0.6) is 5.75 Å². The minimum atomic E-state index is -2.89. The van der Waals surface area contributed by atoms with E-state index in [1.54, 1.807) is 12.1 Å². The van der Waals surface area contributed by atoms with Gasteiger partial charge in [0.1, 0.15) is 11.8 Å². The number of nitrogens with zero attached hydrogens (tertiary/aromatic N) is 1. The van der Waals surface area contributed by atoms with Crippen molar-refractivity contribution in [3.63, 3.8) is 0 Å². The minimum Gasteiger partial charge on any atom is -0.433 e. The highest BCUT2D eigenvalue weighted by Gasteiger charge is 2.07. The summed E-state index contributed by atoms with van der Waals surface area (Å²) in [6.07, 6.45) is 0. The van der Waals surface area contributed by atoms with Gasteiger partial charge in [0.15, 0.2) is 0 Å². The van der Waals surface area contributed by atoms with Crippen LogP contribution in [0, 0.1) is 11.3 Å². The second kappa shape index (κ2) is 3.67. The summed E-state index contributed by atoms with van der Waals surface area (Å²) in [5, 5.41) is 8.46. The fraction of sp³-hybridized carbons (Fsp3) is 0.125. The van der Waals surface area contributed by atoms with Crippen LogP contribution in [0.15, 0.2) is 24.3 Å². The predicted molar refractivity (Wildman–Crippen MR) is 37.8 cm³/mol. The second-order valence-corrected chi connectivity index (χ2v) is 1.99. The smallest absolute Gasteiger partial charge is 0.387 e. The van der Waals surface area contributed by atoms with Crippen molar-refractivity contribution in [3.05, 3.63) is 29.8 Å². The van der Waals surface area contributed by atoms with E-state index in [9.17, 15) is 8.78 Å². The number of rotatable bonds is 2. The molecule has 12 heavy (non-hydrogen) atoms. The molecular formula is C8H5F2NO. The van der Waals surface area contributed by atoms with Gasteiger partial charge in [-0.2, -0.15) is 14.0 Å². The Balaban J connectivity index is 2.91. The lowest BCUT2D eigenvalue weighted by Crippen LogP contribution is -2.03. The molecule has 0 aliphatic carbocycles. The maximum atomic E-state index is 11.7. The third kappa shape index (κ3) is 1.92. The zero-order valence-electron chi connectivity index (χ0n) is 6.00. The van der Waals surface area contributed by atoms with Crippen molar-refractivity contribution in [3.8, 4) is 11.8 Å². The van der Waals surface area contributed by atoms with Gasteiger partial charge < -0.3 is 4.74 Å². The molecule has 0 atom stereocenters. The van der Waals surface area contributed by atoms with Gasteiger partial charge in [0.25, 0.3) is 0 Å². The Morgan fingerprint density at radius 1 is 1.33 bits per heavy atom. The van der Waals surface area contributed by atoms with E-state index >= 15 is 0 Å². The largest absolute Gasteiger partial charge is 0.433 e. The average Bonchev–Trinajstić information content (AvgIpc) is 2.04. The lowest BCUT2D eigenvalue weighted by Gasteiger charge is -2.04. The average molecular weight is 169 g/mol. The van der Waals surface area contributed by atoms with Crippen LogP contribution in [0.3, 0.4) is 0 Å². The Morgan fingerprint density at radius 2 is 2.00 bits per heavy atom. The molecule has 0 amide bonds. The van der Waals surface area contributed by atoms with Gasteiger partial charge in [-0.05, 0) is 12.1 Å². The van der Waals surface area contributed by atoms with Gasteiger partial charge in [-0.25, -0.2) is 0 Å². The van der Waals surface area contributed by atoms with E-state index in [1.165, 1.54) is 18.2 Å². The highest BCUT2D eigenvalue weighted by molar-refractivity contribution is 5.42. The lowest BCUT2D eigenvalue weighted by atomic mass is 10.2. The fourth-order valence-electron chi connectivity index (χ4n) is 0.758. The topological polar surface area (TPSA) is 33.0 Å². The number of hydrogen-bond donors (Lipinski definition) is 0. The van der Waals surface area contributed by atoms with Crippen LogP contribution >= 0.6 is 0 Å². The molecule has 0 aliphatic rings. The van der Waals surface area contributed by atoms with Gasteiger partial charge in [0.05, 0.1) is 5.56 Å². The van der Waals surface area contributed by atoms with Gasteiger partial charge in [0.2, 0.25) is 0 Å². The van der Waals surface area contributed by atoms with Crippen molar-refractivity contribution in [2.24, 2.45) is 0 Å². The van der Waals surface area contributed by atoms with Gasteiger partial charge >= 0.3 is 6.61 Å². The molecule has 4 heteroatoms. The van der Waals surface area contributed by atoms with Crippen LogP contribution in [-0.2, 0) is 0 Å². The van der Waals surface area contributed by atoms with Gasteiger partial charge in [0, 0.05) is 0 Å². The molecule has 0 radical (unpaired) electrons. The number of hydrogen-bond acceptors (Lipinski definition) is 2. The van der Waals surface area contributed by atoms with Crippen LogP contribution in [0.2, 0.25) is 0 Å². The standard InChI is InChI=1S/C8H5F2NO/c9-8(10)12-7-4-2-1-3-6(7)5-11/h1-4,8H. The van der Waals surface area contributed by atoms with E-state index < -0.39 is 6.61 Å². The first-order valence-corrected chi connectivity index (χ1v) is 3.18. The maximum Gasteiger partial charge on any atom is 0.387 e. The van der Waals surface area contributed by atoms with E-state index in [4.69, 9.17) is 5.26 Å². The monoisotopic (exact) mass is 169 g/mol. The van der Waals surface area contributed by atoms with Crippen LogP contribution in [0.1, 0.15) is 5.56 Å². The Bertz CT molecular complexity index is 306. The van der Waals surface area contributed by atoms with Crippen LogP contribution in [0.4, 0.5) is 8.78 Å². The van der Waals surface area contributed by atoms with Crippen LogP contribution in [0.25, 0.3) is 0 Å². The first-order chi connectivity index (χ1) is 5.74. The Morgan fingerprint density at radius 3 is 2.58 bits per heavy atom. The third-order valence-corrected chi connectivity index (χ3v) is 1.22. The van der Waals surface area contributed by atoms with Crippen molar-refractivity contribution in [1.82, 2.24) is 0 Å². The summed E-state index contributed by atoms with van der Waals surface area (Å²) in [5.74, 6) is -0.0880. The van der Waals surface area contributed by atoms with Crippen LogP contribution < -0.4 is 4.74 Å². The molecule has 1 aromatic rings. The van der Waals surface area contributed by atoms with Gasteiger partial charge in [-0.1, -0.05) is 12.1 Å². The van der Waals surface area contributed by atoms with Crippen molar-refractivity contribution in [1.29, 1.82) is 5.26 Å². The summed E-state index contributed by atoms with van der Waals surface area (Å²) >= 11 is 0. The Kier molecular flexibility index (Phi) is 2.59. The van der Waals surface area contributed by atoms with Crippen molar-refractivity contribution >= 4 is 0 Å². The Hall–Kier alpha value is -1.63.